The van der Waals surface area contributed by atoms with Gasteiger partial charge in [-0.2, -0.15) is 0 Å². The van der Waals surface area contributed by atoms with Crippen molar-refractivity contribution in [2.75, 3.05) is 0 Å². The SMILES string of the molecule is CC12O[C]1CCC1OC12C1CCCCC1. The molecule has 3 atom stereocenters. The van der Waals surface area contributed by atoms with Gasteiger partial charge in [0.25, 0.3) is 0 Å². The minimum Gasteiger partial charge on any atom is -0.362 e. The highest BCUT2D eigenvalue weighted by Crippen LogP contribution is 2.71. The van der Waals surface area contributed by atoms with E-state index in [1.165, 1.54) is 44.6 Å². The zero-order valence-electron chi connectivity index (χ0n) is 9.42. The molecular formula is C13H19O2. The van der Waals surface area contributed by atoms with Crippen LogP contribution in [0.2, 0.25) is 0 Å². The Labute approximate surface area is 91.3 Å². The van der Waals surface area contributed by atoms with Crippen LogP contribution in [0.25, 0.3) is 0 Å². The number of hydrogen-bond acceptors (Lipinski definition) is 2. The summed E-state index contributed by atoms with van der Waals surface area (Å²) < 4.78 is 12.0. The maximum Gasteiger partial charge on any atom is 0.133 e. The molecule has 2 heteroatoms. The van der Waals surface area contributed by atoms with Gasteiger partial charge in [0.15, 0.2) is 0 Å². The second-order valence-corrected chi connectivity index (χ2v) is 5.83. The molecule has 0 amide bonds. The van der Waals surface area contributed by atoms with Crippen LogP contribution >= 0.6 is 0 Å². The van der Waals surface area contributed by atoms with Crippen molar-refractivity contribution >= 4 is 0 Å². The molecule has 4 aliphatic rings. The van der Waals surface area contributed by atoms with Gasteiger partial charge in [-0.05, 0) is 38.5 Å². The highest BCUT2D eigenvalue weighted by atomic mass is 16.7. The van der Waals surface area contributed by atoms with E-state index in [0.29, 0.717) is 6.10 Å². The van der Waals surface area contributed by atoms with Crippen LogP contribution < -0.4 is 0 Å². The third-order valence-corrected chi connectivity index (χ3v) is 5.17. The van der Waals surface area contributed by atoms with Crippen molar-refractivity contribution < 1.29 is 9.47 Å². The summed E-state index contributed by atoms with van der Waals surface area (Å²) >= 11 is 0. The molecule has 0 spiro atoms. The number of rotatable bonds is 1. The van der Waals surface area contributed by atoms with Crippen LogP contribution in [0.4, 0.5) is 0 Å². The highest BCUT2D eigenvalue weighted by molar-refractivity contribution is 5.36. The molecule has 0 N–H and O–H groups in total. The smallest absolute Gasteiger partial charge is 0.133 e. The van der Waals surface area contributed by atoms with Crippen LogP contribution in [0.1, 0.15) is 51.9 Å². The lowest BCUT2D eigenvalue weighted by Crippen LogP contribution is -2.43. The largest absolute Gasteiger partial charge is 0.362 e. The Bertz CT molecular complexity index is 297. The summed E-state index contributed by atoms with van der Waals surface area (Å²) in [5, 5.41) is 0. The molecule has 2 saturated heterocycles. The summed E-state index contributed by atoms with van der Waals surface area (Å²) in [5.41, 5.74) is 0.152. The van der Waals surface area contributed by atoms with E-state index in [1.54, 1.807) is 0 Å². The van der Waals surface area contributed by atoms with Crippen molar-refractivity contribution in [3.05, 3.63) is 6.10 Å². The van der Waals surface area contributed by atoms with Crippen molar-refractivity contribution in [3.63, 3.8) is 0 Å². The second-order valence-electron chi connectivity index (χ2n) is 5.83. The van der Waals surface area contributed by atoms with E-state index in [9.17, 15) is 0 Å². The molecule has 4 fully saturated rings. The van der Waals surface area contributed by atoms with E-state index in [1.807, 2.05) is 0 Å². The molecule has 0 aromatic heterocycles. The summed E-state index contributed by atoms with van der Waals surface area (Å²) in [7, 11) is 0. The number of fused-ring (bicyclic) bond motifs is 3. The third-order valence-electron chi connectivity index (χ3n) is 5.17. The molecule has 0 bridgehead atoms. The quantitative estimate of drug-likeness (QED) is 0.618. The van der Waals surface area contributed by atoms with E-state index < -0.39 is 0 Å². The van der Waals surface area contributed by atoms with Crippen molar-refractivity contribution in [2.24, 2.45) is 5.92 Å². The third kappa shape index (κ3) is 0.938. The Hall–Kier alpha value is -0.0800. The fourth-order valence-electron chi connectivity index (χ4n) is 4.24. The lowest BCUT2D eigenvalue weighted by atomic mass is 9.68. The van der Waals surface area contributed by atoms with Crippen molar-refractivity contribution in [1.29, 1.82) is 0 Å². The molecule has 2 aliphatic heterocycles. The number of hydrogen-bond donors (Lipinski definition) is 0. The summed E-state index contributed by atoms with van der Waals surface area (Å²) in [6, 6.07) is 0. The van der Waals surface area contributed by atoms with Crippen molar-refractivity contribution in [2.45, 2.75) is 69.2 Å². The molecule has 3 unspecified atom stereocenters. The van der Waals surface area contributed by atoms with Gasteiger partial charge in [-0.15, -0.1) is 0 Å². The Balaban J connectivity index is 1.64. The van der Waals surface area contributed by atoms with Crippen LogP contribution in [0, 0.1) is 12.0 Å². The Kier molecular flexibility index (Phi) is 1.56. The molecule has 1 radical (unpaired) electrons. The standard InChI is InChI=1S/C13H19O2/c1-12-10(14-12)7-8-11-13(12,15-11)9-5-3-2-4-6-9/h9,11H,2-8H2,1H3. The lowest BCUT2D eigenvalue weighted by molar-refractivity contribution is 0.0906. The van der Waals surface area contributed by atoms with Gasteiger partial charge in [0, 0.05) is 0 Å². The fourth-order valence-corrected chi connectivity index (χ4v) is 4.24. The highest BCUT2D eigenvalue weighted by Gasteiger charge is 2.82. The molecule has 2 aliphatic carbocycles. The second kappa shape index (κ2) is 2.60. The summed E-state index contributed by atoms with van der Waals surface area (Å²) in [4.78, 5) is 0. The average molecular weight is 207 g/mol. The van der Waals surface area contributed by atoms with Crippen LogP contribution in [0.3, 0.4) is 0 Å². The topological polar surface area (TPSA) is 25.1 Å². The van der Waals surface area contributed by atoms with Gasteiger partial charge in [0.2, 0.25) is 0 Å². The molecule has 4 rings (SSSR count). The van der Waals surface area contributed by atoms with E-state index >= 15 is 0 Å². The zero-order chi connectivity index (χ0) is 10.1. The van der Waals surface area contributed by atoms with Crippen LogP contribution in [-0.4, -0.2) is 17.3 Å². The molecule has 2 nitrogen and oxygen atoms in total. The minimum atomic E-state index is 0.0257. The van der Waals surface area contributed by atoms with E-state index in [4.69, 9.17) is 9.47 Å². The van der Waals surface area contributed by atoms with E-state index in [0.717, 1.165) is 12.3 Å². The van der Waals surface area contributed by atoms with Crippen molar-refractivity contribution in [3.8, 4) is 0 Å². The summed E-state index contributed by atoms with van der Waals surface area (Å²) in [5.74, 6) is 0.777. The van der Waals surface area contributed by atoms with Gasteiger partial charge >= 0.3 is 0 Å². The maximum absolute atomic E-state index is 6.12. The van der Waals surface area contributed by atoms with Gasteiger partial charge in [0.05, 0.1) is 6.10 Å². The number of epoxide rings is 2. The lowest BCUT2D eigenvalue weighted by Gasteiger charge is -2.32. The molecule has 0 aromatic rings. The molecule has 83 valence electrons. The first-order valence-electron chi connectivity index (χ1n) is 6.50. The van der Waals surface area contributed by atoms with Gasteiger partial charge in [-0.25, -0.2) is 0 Å². The molecule has 2 saturated carbocycles. The first-order chi connectivity index (χ1) is 7.27. The first-order valence-corrected chi connectivity index (χ1v) is 6.50. The Morgan fingerprint density at radius 2 is 1.93 bits per heavy atom. The molecular weight excluding hydrogens is 188 g/mol. The van der Waals surface area contributed by atoms with Crippen molar-refractivity contribution in [1.82, 2.24) is 0 Å². The molecule has 2 heterocycles. The Morgan fingerprint density at radius 1 is 1.13 bits per heavy atom. The van der Waals surface area contributed by atoms with Gasteiger partial charge in [-0.3, -0.25) is 0 Å². The van der Waals surface area contributed by atoms with Gasteiger partial charge in [0.1, 0.15) is 17.3 Å². The van der Waals surface area contributed by atoms with Gasteiger partial charge < -0.3 is 9.47 Å². The normalized spacial score (nSPS) is 54.6. The predicted molar refractivity (Wildman–Crippen MR) is 56.1 cm³/mol. The minimum absolute atomic E-state index is 0.0257. The van der Waals surface area contributed by atoms with Crippen LogP contribution in [0.5, 0.6) is 0 Å². The molecule has 15 heavy (non-hydrogen) atoms. The summed E-state index contributed by atoms with van der Waals surface area (Å²) in [6.45, 7) is 2.26. The monoisotopic (exact) mass is 207 g/mol. The van der Waals surface area contributed by atoms with Crippen LogP contribution in [-0.2, 0) is 9.47 Å². The van der Waals surface area contributed by atoms with E-state index in [2.05, 4.69) is 6.92 Å². The summed E-state index contributed by atoms with van der Waals surface area (Å²) in [6.07, 6.45) is 11.2. The molecule has 0 aromatic carbocycles. The predicted octanol–water partition coefficient (Wildman–Crippen LogP) is 2.82. The number of ether oxygens (including phenoxy) is 2. The Morgan fingerprint density at radius 3 is 2.73 bits per heavy atom. The zero-order valence-corrected chi connectivity index (χ0v) is 9.42. The van der Waals surface area contributed by atoms with Gasteiger partial charge in [-0.1, -0.05) is 19.3 Å². The first kappa shape index (κ1) is 9.00. The maximum atomic E-state index is 6.12. The average Bonchev–Trinajstić information content (AvgIpc) is 3.11. The van der Waals surface area contributed by atoms with Crippen LogP contribution in [0.15, 0.2) is 0 Å². The fraction of sp³-hybridized carbons (Fsp3) is 0.923. The van der Waals surface area contributed by atoms with E-state index in [-0.39, 0.29) is 11.2 Å².